The molecule has 1 aliphatic carbocycles. The van der Waals surface area contributed by atoms with Crippen molar-refractivity contribution in [3.8, 4) is 0 Å². The minimum Gasteiger partial charge on any atom is -0.0771 e. The van der Waals surface area contributed by atoms with Crippen LogP contribution in [0.2, 0.25) is 0 Å². The first kappa shape index (κ1) is 6.60. The Hall–Kier alpha value is -0.520. The molecule has 0 spiro atoms. The van der Waals surface area contributed by atoms with Crippen molar-refractivity contribution in [2.75, 3.05) is 0 Å². The van der Waals surface area contributed by atoms with Gasteiger partial charge >= 0.3 is 0 Å². The number of hydrogen-bond donors (Lipinski definition) is 0. The van der Waals surface area contributed by atoms with Crippen LogP contribution in [0.4, 0.5) is 0 Å². The van der Waals surface area contributed by atoms with Crippen LogP contribution in [0.5, 0.6) is 0 Å². The van der Waals surface area contributed by atoms with E-state index in [1.54, 1.807) is 0 Å². The first-order valence-corrected chi connectivity index (χ1v) is 3.51. The van der Waals surface area contributed by atoms with Crippen LogP contribution in [-0.2, 0) is 0 Å². The maximum Gasteiger partial charge on any atom is 0.00194 e. The van der Waals surface area contributed by atoms with Crippen molar-refractivity contribution in [2.45, 2.75) is 26.2 Å². The highest BCUT2D eigenvalue weighted by Crippen LogP contribution is 2.18. The van der Waals surface area contributed by atoms with E-state index in [-0.39, 0.29) is 0 Å². The normalized spacial score (nSPS) is 18.8. The van der Waals surface area contributed by atoms with Gasteiger partial charge in [0.2, 0.25) is 0 Å². The zero-order valence-electron chi connectivity index (χ0n) is 5.85. The van der Waals surface area contributed by atoms with E-state index >= 15 is 0 Å². The molecule has 0 saturated heterocycles. The quantitative estimate of drug-likeness (QED) is 0.525. The molecule has 0 unspecified atom stereocenters. The Morgan fingerprint density at radius 3 is 3.11 bits per heavy atom. The average Bonchev–Trinajstić information content (AvgIpc) is 1.91. The molecule has 2 radical (unpaired) electrons. The van der Waals surface area contributed by atoms with E-state index < -0.39 is 0 Å². The predicted octanol–water partition coefficient (Wildman–Crippen LogP) is 2.68. The molecule has 0 bridgehead atoms. The summed E-state index contributed by atoms with van der Waals surface area (Å²) in [6.45, 7) is 2.21. The fourth-order valence-electron chi connectivity index (χ4n) is 0.994. The number of rotatable bonds is 2. The zero-order chi connectivity index (χ0) is 6.53. The molecular weight excluding hydrogens is 108 g/mol. The summed E-state index contributed by atoms with van der Waals surface area (Å²) in [4.78, 5) is 0. The van der Waals surface area contributed by atoms with Crippen molar-refractivity contribution >= 4 is 0 Å². The van der Waals surface area contributed by atoms with Crippen LogP contribution in [0.1, 0.15) is 26.2 Å². The molecule has 0 heterocycles. The third-order valence-electron chi connectivity index (χ3n) is 1.45. The molecule has 0 amide bonds. The third kappa shape index (κ3) is 2.05. The van der Waals surface area contributed by atoms with Crippen molar-refractivity contribution < 1.29 is 0 Å². The predicted molar refractivity (Wildman–Crippen MR) is 39.7 cm³/mol. The van der Waals surface area contributed by atoms with E-state index in [9.17, 15) is 0 Å². The van der Waals surface area contributed by atoms with Crippen LogP contribution < -0.4 is 0 Å². The van der Waals surface area contributed by atoms with E-state index in [0.29, 0.717) is 0 Å². The van der Waals surface area contributed by atoms with Gasteiger partial charge in [-0.2, -0.15) is 0 Å². The highest BCUT2D eigenvalue weighted by Gasteiger charge is 2.02. The maximum absolute atomic E-state index is 3.17. The lowest BCUT2D eigenvalue weighted by Gasteiger charge is -2.08. The van der Waals surface area contributed by atoms with Gasteiger partial charge in [0, 0.05) is 5.92 Å². The fraction of sp³-hybridized carbons (Fsp3) is 0.444. The number of hydrogen-bond acceptors (Lipinski definition) is 0. The van der Waals surface area contributed by atoms with Crippen molar-refractivity contribution in [2.24, 2.45) is 0 Å². The van der Waals surface area contributed by atoms with E-state index in [2.05, 4.69) is 25.2 Å². The van der Waals surface area contributed by atoms with Gasteiger partial charge in [0.25, 0.3) is 0 Å². The smallest absolute Gasteiger partial charge is 0.00194 e. The van der Waals surface area contributed by atoms with Gasteiger partial charge in [-0.1, -0.05) is 31.6 Å². The Morgan fingerprint density at radius 1 is 1.67 bits per heavy atom. The lowest BCUT2D eigenvalue weighted by Crippen LogP contribution is -1.93. The fourth-order valence-corrected chi connectivity index (χ4v) is 0.994. The molecule has 0 fully saturated rings. The Morgan fingerprint density at radius 2 is 2.56 bits per heavy atom. The SMILES string of the molecule is CCC[C]1C=CC=[C]C1. The van der Waals surface area contributed by atoms with Gasteiger partial charge in [0.05, 0.1) is 0 Å². The van der Waals surface area contributed by atoms with Crippen molar-refractivity contribution in [1.29, 1.82) is 0 Å². The van der Waals surface area contributed by atoms with Crippen LogP contribution in [0.15, 0.2) is 18.2 Å². The minimum atomic E-state index is 1.05. The van der Waals surface area contributed by atoms with Crippen LogP contribution in [0.25, 0.3) is 0 Å². The number of allylic oxidation sites excluding steroid dienone is 4. The topological polar surface area (TPSA) is 0 Å². The summed E-state index contributed by atoms with van der Waals surface area (Å²) in [5.74, 6) is 1.51. The van der Waals surface area contributed by atoms with E-state index in [1.807, 2.05) is 6.08 Å². The first-order chi connectivity index (χ1) is 4.43. The summed E-state index contributed by atoms with van der Waals surface area (Å²) in [6, 6.07) is 0. The lowest BCUT2D eigenvalue weighted by molar-refractivity contribution is 0.798. The Balaban J connectivity index is 2.28. The third-order valence-corrected chi connectivity index (χ3v) is 1.45. The molecular formula is C9H12. The minimum absolute atomic E-state index is 1.05. The largest absolute Gasteiger partial charge is 0.0771 e. The van der Waals surface area contributed by atoms with Crippen molar-refractivity contribution in [3.63, 3.8) is 0 Å². The van der Waals surface area contributed by atoms with Gasteiger partial charge in [0.15, 0.2) is 0 Å². The van der Waals surface area contributed by atoms with Crippen molar-refractivity contribution in [1.82, 2.24) is 0 Å². The maximum atomic E-state index is 3.17. The van der Waals surface area contributed by atoms with E-state index in [4.69, 9.17) is 0 Å². The van der Waals surface area contributed by atoms with Crippen LogP contribution in [0.3, 0.4) is 0 Å². The molecule has 1 aliphatic rings. The van der Waals surface area contributed by atoms with Crippen LogP contribution in [-0.4, -0.2) is 0 Å². The molecule has 0 aromatic rings. The van der Waals surface area contributed by atoms with Gasteiger partial charge in [0.1, 0.15) is 0 Å². The molecule has 0 atom stereocenters. The molecule has 0 aliphatic heterocycles. The van der Waals surface area contributed by atoms with E-state index in [1.165, 1.54) is 18.8 Å². The average molecular weight is 120 g/mol. The van der Waals surface area contributed by atoms with Gasteiger partial charge in [-0.3, -0.25) is 0 Å². The molecule has 0 heteroatoms. The van der Waals surface area contributed by atoms with Gasteiger partial charge in [-0.25, -0.2) is 0 Å². The van der Waals surface area contributed by atoms with Gasteiger partial charge in [-0.05, 0) is 18.9 Å². The van der Waals surface area contributed by atoms with Gasteiger partial charge in [-0.15, -0.1) is 0 Å². The lowest BCUT2D eigenvalue weighted by atomic mass is 9.96. The summed E-state index contributed by atoms with van der Waals surface area (Å²) >= 11 is 0. The Bertz CT molecular complexity index is 120. The molecule has 9 heavy (non-hydrogen) atoms. The van der Waals surface area contributed by atoms with Crippen LogP contribution >= 0.6 is 0 Å². The second kappa shape index (κ2) is 3.49. The standard InChI is InChI=1S/C9H12/c1-2-6-9-7-4-3-5-8-9/h3-4,7H,2,6,8H2,1H3. The Labute approximate surface area is 57.3 Å². The van der Waals surface area contributed by atoms with Gasteiger partial charge < -0.3 is 0 Å². The molecule has 1 rings (SSSR count). The monoisotopic (exact) mass is 120 g/mol. The molecule has 0 aromatic carbocycles. The molecule has 0 saturated carbocycles. The summed E-state index contributed by atoms with van der Waals surface area (Å²) in [5.41, 5.74) is 0. The summed E-state index contributed by atoms with van der Waals surface area (Å²) in [7, 11) is 0. The van der Waals surface area contributed by atoms with Crippen LogP contribution in [0, 0.1) is 12.0 Å². The highest BCUT2D eigenvalue weighted by atomic mass is 14.1. The van der Waals surface area contributed by atoms with E-state index in [0.717, 1.165) is 6.42 Å². The summed E-state index contributed by atoms with van der Waals surface area (Å²) < 4.78 is 0. The summed E-state index contributed by atoms with van der Waals surface area (Å²) in [6.07, 6.45) is 12.9. The molecule has 0 aromatic heterocycles. The molecule has 0 nitrogen and oxygen atoms in total. The highest BCUT2D eigenvalue weighted by molar-refractivity contribution is 5.20. The summed E-state index contributed by atoms with van der Waals surface area (Å²) in [5, 5.41) is 0. The van der Waals surface area contributed by atoms with Crippen molar-refractivity contribution in [3.05, 3.63) is 30.2 Å². The first-order valence-electron chi connectivity index (χ1n) is 3.51. The zero-order valence-corrected chi connectivity index (χ0v) is 5.85. The second-order valence-corrected chi connectivity index (χ2v) is 2.31. The molecule has 0 N–H and O–H groups in total. The second-order valence-electron chi connectivity index (χ2n) is 2.31. The Kier molecular flexibility index (Phi) is 2.56. The molecule has 48 valence electrons.